The second-order valence-corrected chi connectivity index (χ2v) is 6.88. The van der Waals surface area contributed by atoms with Crippen LogP contribution in [0.2, 0.25) is 0 Å². The van der Waals surface area contributed by atoms with Crippen molar-refractivity contribution in [2.45, 2.75) is 44.2 Å². The van der Waals surface area contributed by atoms with Gasteiger partial charge in [-0.05, 0) is 33.1 Å². The van der Waals surface area contributed by atoms with Crippen molar-refractivity contribution in [3.63, 3.8) is 0 Å². The Bertz CT molecular complexity index is 531. The summed E-state index contributed by atoms with van der Waals surface area (Å²) in [6.45, 7) is 3.99. The molecule has 0 saturated heterocycles. The molecule has 0 amide bonds. The quantitative estimate of drug-likeness (QED) is 0.803. The van der Waals surface area contributed by atoms with Crippen LogP contribution in [0.15, 0.2) is 5.03 Å². The highest BCUT2D eigenvalue weighted by Crippen LogP contribution is 2.31. The Balaban J connectivity index is 2.63. The molecular formula is C11H19N3O2S. The van der Waals surface area contributed by atoms with E-state index in [-0.39, 0.29) is 5.03 Å². The molecular weight excluding hydrogens is 238 g/mol. The number of imidazole rings is 1. The lowest BCUT2D eigenvalue weighted by Crippen LogP contribution is -2.25. The average Bonchev–Trinajstić information content (AvgIpc) is 2.58. The lowest BCUT2D eigenvalue weighted by molar-refractivity contribution is 0.419. The van der Waals surface area contributed by atoms with Crippen molar-refractivity contribution in [3.8, 4) is 0 Å². The smallest absolute Gasteiger partial charge is 0.261 e. The molecule has 2 rings (SSSR count). The second-order valence-electron chi connectivity index (χ2n) is 4.81. The van der Waals surface area contributed by atoms with Crippen molar-refractivity contribution >= 4 is 10.0 Å². The summed E-state index contributed by atoms with van der Waals surface area (Å²) >= 11 is 0. The van der Waals surface area contributed by atoms with Crippen molar-refractivity contribution < 1.29 is 8.42 Å². The zero-order valence-electron chi connectivity index (χ0n) is 10.8. The van der Waals surface area contributed by atoms with Crippen LogP contribution in [0.4, 0.5) is 0 Å². The summed E-state index contributed by atoms with van der Waals surface area (Å²) in [4.78, 5) is 4.27. The van der Waals surface area contributed by atoms with E-state index >= 15 is 0 Å². The first-order valence-corrected chi connectivity index (χ1v) is 7.30. The van der Waals surface area contributed by atoms with Crippen LogP contribution in [0.25, 0.3) is 0 Å². The summed E-state index contributed by atoms with van der Waals surface area (Å²) in [5.74, 6) is 0.799. The molecule has 0 spiro atoms. The Morgan fingerprint density at radius 2 is 2.06 bits per heavy atom. The van der Waals surface area contributed by atoms with E-state index in [1.807, 2.05) is 6.92 Å². The fourth-order valence-electron chi connectivity index (χ4n) is 2.45. The molecule has 0 aliphatic carbocycles. The van der Waals surface area contributed by atoms with Gasteiger partial charge in [0.1, 0.15) is 5.82 Å². The fraction of sp³-hybridized carbons (Fsp3) is 0.727. The van der Waals surface area contributed by atoms with Crippen LogP contribution in [0.1, 0.15) is 37.3 Å². The summed E-state index contributed by atoms with van der Waals surface area (Å²) in [5, 5.41) is 0.242. The molecule has 0 bridgehead atoms. The van der Waals surface area contributed by atoms with E-state index in [1.54, 1.807) is 14.1 Å². The Morgan fingerprint density at radius 1 is 1.41 bits per heavy atom. The summed E-state index contributed by atoms with van der Waals surface area (Å²) in [6.07, 6.45) is 2.92. The number of hydrogen-bond acceptors (Lipinski definition) is 3. The maximum absolute atomic E-state index is 12.2. The number of rotatable bonds is 2. The minimum absolute atomic E-state index is 0.242. The van der Waals surface area contributed by atoms with Gasteiger partial charge in [0.25, 0.3) is 10.0 Å². The molecule has 1 aliphatic rings. The number of nitrogens with zero attached hydrogens (tertiary/aromatic N) is 3. The second kappa shape index (κ2) is 4.10. The van der Waals surface area contributed by atoms with Gasteiger partial charge in [0.2, 0.25) is 0 Å². The van der Waals surface area contributed by atoms with Gasteiger partial charge in [-0.2, -0.15) is 0 Å². The van der Waals surface area contributed by atoms with E-state index in [9.17, 15) is 8.42 Å². The molecule has 0 saturated carbocycles. The zero-order valence-corrected chi connectivity index (χ0v) is 11.6. The lowest BCUT2D eigenvalue weighted by atomic mass is 10.0. The third-order valence-corrected chi connectivity index (χ3v) is 5.13. The van der Waals surface area contributed by atoms with Gasteiger partial charge >= 0.3 is 0 Å². The van der Waals surface area contributed by atoms with Gasteiger partial charge in [-0.1, -0.05) is 0 Å². The van der Waals surface area contributed by atoms with Gasteiger partial charge in [-0.25, -0.2) is 17.7 Å². The maximum atomic E-state index is 12.2. The van der Waals surface area contributed by atoms with Gasteiger partial charge in [-0.3, -0.25) is 0 Å². The molecule has 1 atom stereocenters. The van der Waals surface area contributed by atoms with E-state index in [1.165, 1.54) is 4.31 Å². The van der Waals surface area contributed by atoms with Crippen LogP contribution in [0.3, 0.4) is 0 Å². The van der Waals surface area contributed by atoms with Crippen LogP contribution in [-0.2, 0) is 16.4 Å². The normalized spacial score (nSPS) is 20.6. The van der Waals surface area contributed by atoms with Gasteiger partial charge < -0.3 is 4.57 Å². The average molecular weight is 257 g/mol. The first-order valence-electron chi connectivity index (χ1n) is 5.86. The van der Waals surface area contributed by atoms with Crippen LogP contribution in [0.5, 0.6) is 0 Å². The maximum Gasteiger partial charge on any atom is 0.261 e. The summed E-state index contributed by atoms with van der Waals surface area (Å²) in [5.41, 5.74) is 0.870. The highest BCUT2D eigenvalue weighted by Gasteiger charge is 2.30. The minimum atomic E-state index is -3.42. The predicted octanol–water partition coefficient (Wildman–Crippen LogP) is 1.34. The molecule has 0 fully saturated rings. The summed E-state index contributed by atoms with van der Waals surface area (Å²) in [6, 6.07) is 0.345. The van der Waals surface area contributed by atoms with Gasteiger partial charge in [0, 0.05) is 20.1 Å². The molecule has 6 heteroatoms. The van der Waals surface area contributed by atoms with Gasteiger partial charge in [0.05, 0.1) is 5.69 Å². The van der Waals surface area contributed by atoms with Crippen LogP contribution in [-0.4, -0.2) is 36.4 Å². The number of sulfonamides is 1. The van der Waals surface area contributed by atoms with Crippen LogP contribution in [0, 0.1) is 6.92 Å². The Morgan fingerprint density at radius 3 is 2.65 bits per heavy atom. The van der Waals surface area contributed by atoms with Crippen molar-refractivity contribution in [2.75, 3.05) is 14.1 Å². The molecule has 0 N–H and O–H groups in total. The van der Waals surface area contributed by atoms with E-state index in [0.717, 1.165) is 30.8 Å². The lowest BCUT2D eigenvalue weighted by Gasteiger charge is -2.24. The topological polar surface area (TPSA) is 55.2 Å². The highest BCUT2D eigenvalue weighted by molar-refractivity contribution is 7.89. The van der Waals surface area contributed by atoms with E-state index in [4.69, 9.17) is 0 Å². The molecule has 2 heterocycles. The molecule has 96 valence electrons. The van der Waals surface area contributed by atoms with Gasteiger partial charge in [-0.15, -0.1) is 0 Å². The predicted molar refractivity (Wildman–Crippen MR) is 65.5 cm³/mol. The Labute approximate surface area is 103 Å². The summed E-state index contributed by atoms with van der Waals surface area (Å²) in [7, 11) is -0.331. The molecule has 0 radical (unpaired) electrons. The fourth-order valence-corrected chi connectivity index (χ4v) is 3.54. The van der Waals surface area contributed by atoms with Crippen molar-refractivity contribution in [2.24, 2.45) is 0 Å². The highest BCUT2D eigenvalue weighted by atomic mass is 32.2. The van der Waals surface area contributed by atoms with E-state index in [0.29, 0.717) is 6.04 Å². The Kier molecular flexibility index (Phi) is 3.03. The standard InChI is InChI=1S/C11H19N3O2S/c1-8-6-5-7-10-11(12-9(2)14(8)10)17(15,16)13(3)4/h8H,5-7H2,1-4H3. The summed E-state index contributed by atoms with van der Waals surface area (Å²) < 4.78 is 27.6. The monoisotopic (exact) mass is 257 g/mol. The minimum Gasteiger partial charge on any atom is -0.328 e. The molecule has 0 aromatic carbocycles. The molecule has 17 heavy (non-hydrogen) atoms. The van der Waals surface area contributed by atoms with E-state index < -0.39 is 10.0 Å². The molecule has 1 aliphatic heterocycles. The third kappa shape index (κ3) is 1.89. The number of aromatic nitrogens is 2. The third-order valence-electron chi connectivity index (χ3n) is 3.35. The SMILES string of the molecule is Cc1nc(S(=O)(=O)N(C)C)c2n1C(C)CCC2. The Hall–Kier alpha value is -0.880. The van der Waals surface area contributed by atoms with Crippen LogP contribution >= 0.6 is 0 Å². The number of hydrogen-bond donors (Lipinski definition) is 0. The van der Waals surface area contributed by atoms with Crippen molar-refractivity contribution in [3.05, 3.63) is 11.5 Å². The zero-order chi connectivity index (χ0) is 12.8. The van der Waals surface area contributed by atoms with Crippen molar-refractivity contribution in [1.82, 2.24) is 13.9 Å². The number of aryl methyl sites for hydroxylation is 1. The first kappa shape index (κ1) is 12.6. The molecule has 1 aromatic heterocycles. The largest absolute Gasteiger partial charge is 0.328 e. The van der Waals surface area contributed by atoms with Crippen molar-refractivity contribution in [1.29, 1.82) is 0 Å². The van der Waals surface area contributed by atoms with Crippen LogP contribution < -0.4 is 0 Å². The molecule has 5 nitrogen and oxygen atoms in total. The van der Waals surface area contributed by atoms with E-state index in [2.05, 4.69) is 16.5 Å². The molecule has 1 unspecified atom stereocenters. The number of fused-ring (bicyclic) bond motifs is 1. The van der Waals surface area contributed by atoms with Gasteiger partial charge in [0.15, 0.2) is 5.03 Å². The molecule has 1 aromatic rings. The first-order chi connectivity index (χ1) is 7.85.